The molecular weight excluding hydrogens is 195 g/mol. The fraction of sp³-hybridized carbons (Fsp3) is 0.250. The number of halogens is 1. The van der Waals surface area contributed by atoms with Crippen molar-refractivity contribution in [2.24, 2.45) is 0 Å². The van der Waals surface area contributed by atoms with Crippen molar-refractivity contribution in [1.29, 1.82) is 0 Å². The summed E-state index contributed by atoms with van der Waals surface area (Å²) < 4.78 is 36.3. The van der Waals surface area contributed by atoms with Crippen molar-refractivity contribution in [3.05, 3.63) is 29.6 Å². The molecule has 0 aromatic heterocycles. The van der Waals surface area contributed by atoms with Crippen molar-refractivity contribution >= 4 is 11.4 Å². The summed E-state index contributed by atoms with van der Waals surface area (Å²) in [5.41, 5.74) is 0.310. The highest BCUT2D eigenvalue weighted by Crippen LogP contribution is 2.22. The smallest absolute Gasteiger partial charge is 0.357 e. The highest BCUT2D eigenvalue weighted by molar-refractivity contribution is 7.74. The quantitative estimate of drug-likeness (QED) is 0.765. The normalized spacial score (nSPS) is 12.5. The molecule has 0 radical (unpaired) electrons. The fourth-order valence-corrected chi connectivity index (χ4v) is 1.35. The van der Waals surface area contributed by atoms with E-state index in [4.69, 9.17) is 4.55 Å². The van der Waals surface area contributed by atoms with Gasteiger partial charge < -0.3 is 4.18 Å². The van der Waals surface area contributed by atoms with E-state index in [1.54, 1.807) is 6.92 Å². The molecule has 1 rings (SSSR count). The van der Waals surface area contributed by atoms with Gasteiger partial charge in [0.2, 0.25) is 0 Å². The van der Waals surface area contributed by atoms with Crippen LogP contribution in [0.2, 0.25) is 0 Å². The van der Waals surface area contributed by atoms with Crippen LogP contribution in [0.3, 0.4) is 0 Å². The van der Waals surface area contributed by atoms with Crippen LogP contribution >= 0.6 is 0 Å². The van der Waals surface area contributed by atoms with Crippen LogP contribution < -0.4 is 4.18 Å². The predicted octanol–water partition coefficient (Wildman–Crippen LogP) is 1.90. The minimum atomic E-state index is -2.40. The summed E-state index contributed by atoms with van der Waals surface area (Å²) in [6.45, 7) is 1.74. The first-order valence-electron chi connectivity index (χ1n) is 3.71. The SMILES string of the molecule is CCc1c(F)cccc1OS(=O)O. The zero-order valence-corrected chi connectivity index (χ0v) is 7.81. The fourth-order valence-electron chi connectivity index (χ4n) is 1.04. The van der Waals surface area contributed by atoms with E-state index in [1.165, 1.54) is 18.2 Å². The molecule has 13 heavy (non-hydrogen) atoms. The lowest BCUT2D eigenvalue weighted by Gasteiger charge is -2.06. The van der Waals surface area contributed by atoms with Crippen molar-refractivity contribution < 1.29 is 17.3 Å². The largest absolute Gasteiger partial charge is 0.380 e. The van der Waals surface area contributed by atoms with Gasteiger partial charge in [0.1, 0.15) is 11.6 Å². The molecule has 1 N–H and O–H groups in total. The standard InChI is InChI=1S/C8H9FO3S/c1-2-6-7(9)4-3-5-8(6)12-13(10)11/h3-5H,2H2,1H3,(H,10,11). The van der Waals surface area contributed by atoms with Crippen molar-refractivity contribution in [3.63, 3.8) is 0 Å². The molecule has 0 saturated carbocycles. The average Bonchev–Trinajstić information content (AvgIpc) is 2.03. The van der Waals surface area contributed by atoms with E-state index in [2.05, 4.69) is 4.18 Å². The van der Waals surface area contributed by atoms with E-state index in [-0.39, 0.29) is 5.75 Å². The number of rotatable bonds is 3. The molecule has 0 aliphatic carbocycles. The van der Waals surface area contributed by atoms with Crippen LogP contribution in [0.4, 0.5) is 4.39 Å². The number of hydrogen-bond donors (Lipinski definition) is 1. The number of benzene rings is 1. The van der Waals surface area contributed by atoms with E-state index in [0.717, 1.165) is 0 Å². The molecule has 1 aromatic rings. The van der Waals surface area contributed by atoms with Gasteiger partial charge in [-0.25, -0.2) is 4.39 Å². The Bertz CT molecular complexity index is 327. The lowest BCUT2D eigenvalue weighted by atomic mass is 10.1. The maximum Gasteiger partial charge on any atom is 0.357 e. The Morgan fingerprint density at radius 3 is 2.85 bits per heavy atom. The van der Waals surface area contributed by atoms with Gasteiger partial charge in [-0.2, -0.15) is 4.21 Å². The molecule has 0 bridgehead atoms. The lowest BCUT2D eigenvalue weighted by Crippen LogP contribution is -2.01. The molecule has 0 amide bonds. The van der Waals surface area contributed by atoms with Crippen molar-refractivity contribution in [3.8, 4) is 5.75 Å². The van der Waals surface area contributed by atoms with Crippen LogP contribution in [0.15, 0.2) is 18.2 Å². The maximum absolute atomic E-state index is 13.0. The van der Waals surface area contributed by atoms with Crippen molar-refractivity contribution in [2.75, 3.05) is 0 Å². The third-order valence-electron chi connectivity index (χ3n) is 1.59. The van der Waals surface area contributed by atoms with Crippen molar-refractivity contribution in [1.82, 2.24) is 0 Å². The maximum atomic E-state index is 13.0. The van der Waals surface area contributed by atoms with Crippen molar-refractivity contribution in [2.45, 2.75) is 13.3 Å². The Hall–Kier alpha value is -0.940. The molecule has 1 atom stereocenters. The lowest BCUT2D eigenvalue weighted by molar-refractivity contribution is 0.452. The Balaban J connectivity index is 3.05. The topological polar surface area (TPSA) is 46.5 Å². The van der Waals surface area contributed by atoms with Gasteiger partial charge in [0.25, 0.3) is 0 Å². The van der Waals surface area contributed by atoms with Gasteiger partial charge in [0.15, 0.2) is 0 Å². The Kier molecular flexibility index (Phi) is 3.39. The van der Waals surface area contributed by atoms with Crippen LogP contribution in [0, 0.1) is 5.82 Å². The Labute approximate surface area is 78.0 Å². The van der Waals surface area contributed by atoms with Gasteiger partial charge in [-0.15, -0.1) is 0 Å². The molecule has 0 heterocycles. The van der Waals surface area contributed by atoms with Crippen LogP contribution in [0.1, 0.15) is 12.5 Å². The minimum Gasteiger partial charge on any atom is -0.380 e. The summed E-state index contributed by atoms with van der Waals surface area (Å²) in [4.78, 5) is 0. The molecule has 0 saturated heterocycles. The predicted molar refractivity (Wildman–Crippen MR) is 47.2 cm³/mol. The van der Waals surface area contributed by atoms with Crippen LogP contribution in [-0.2, 0) is 17.8 Å². The second kappa shape index (κ2) is 4.34. The van der Waals surface area contributed by atoms with Gasteiger partial charge in [0, 0.05) is 5.56 Å². The molecule has 5 heteroatoms. The highest BCUT2D eigenvalue weighted by atomic mass is 32.2. The zero-order valence-electron chi connectivity index (χ0n) is 6.99. The molecule has 0 aliphatic rings. The second-order valence-corrected chi connectivity index (χ2v) is 2.97. The third-order valence-corrected chi connectivity index (χ3v) is 1.91. The Morgan fingerprint density at radius 1 is 1.62 bits per heavy atom. The molecular formula is C8H9FO3S. The minimum absolute atomic E-state index is 0.114. The summed E-state index contributed by atoms with van der Waals surface area (Å²) in [5.74, 6) is -0.311. The summed E-state index contributed by atoms with van der Waals surface area (Å²) in [6, 6.07) is 4.17. The monoisotopic (exact) mass is 204 g/mol. The first-order chi connectivity index (χ1) is 6.15. The van der Waals surface area contributed by atoms with Gasteiger partial charge in [0.05, 0.1) is 0 Å². The molecule has 72 valence electrons. The van der Waals surface area contributed by atoms with Gasteiger partial charge in [-0.1, -0.05) is 13.0 Å². The summed E-state index contributed by atoms with van der Waals surface area (Å²) >= 11 is -2.40. The first-order valence-corrected chi connectivity index (χ1v) is 4.75. The summed E-state index contributed by atoms with van der Waals surface area (Å²) in [5, 5.41) is 0. The summed E-state index contributed by atoms with van der Waals surface area (Å²) in [6.07, 6.45) is 0.416. The van der Waals surface area contributed by atoms with E-state index < -0.39 is 17.2 Å². The Morgan fingerprint density at radius 2 is 2.31 bits per heavy atom. The molecule has 1 unspecified atom stereocenters. The van der Waals surface area contributed by atoms with E-state index >= 15 is 0 Å². The number of hydrogen-bond acceptors (Lipinski definition) is 2. The first kappa shape index (κ1) is 10.1. The van der Waals surface area contributed by atoms with E-state index in [9.17, 15) is 8.60 Å². The molecule has 1 aromatic carbocycles. The average molecular weight is 204 g/mol. The zero-order chi connectivity index (χ0) is 9.84. The molecule has 0 fully saturated rings. The van der Waals surface area contributed by atoms with Crippen LogP contribution in [0.5, 0.6) is 5.75 Å². The van der Waals surface area contributed by atoms with Gasteiger partial charge in [-0.3, -0.25) is 4.55 Å². The molecule has 0 spiro atoms. The van der Waals surface area contributed by atoms with Crippen LogP contribution in [0.25, 0.3) is 0 Å². The summed E-state index contributed by atoms with van der Waals surface area (Å²) in [7, 11) is 0. The third kappa shape index (κ3) is 2.50. The molecule has 3 nitrogen and oxygen atoms in total. The molecule has 0 aliphatic heterocycles. The van der Waals surface area contributed by atoms with Gasteiger partial charge in [-0.05, 0) is 18.6 Å². The van der Waals surface area contributed by atoms with Crippen LogP contribution in [-0.4, -0.2) is 8.76 Å². The van der Waals surface area contributed by atoms with Gasteiger partial charge >= 0.3 is 11.4 Å². The second-order valence-electron chi connectivity index (χ2n) is 2.37. The highest BCUT2D eigenvalue weighted by Gasteiger charge is 2.09. The van der Waals surface area contributed by atoms with E-state index in [1.807, 2.05) is 0 Å². The van der Waals surface area contributed by atoms with E-state index in [0.29, 0.717) is 12.0 Å².